The third kappa shape index (κ3) is 1.84. The van der Waals surface area contributed by atoms with Gasteiger partial charge >= 0.3 is 5.76 Å². The molecule has 70 valence electrons. The molecular formula is C5H2ClF2N3OS. The maximum absolute atomic E-state index is 12.0. The van der Waals surface area contributed by atoms with Crippen molar-refractivity contribution >= 4 is 22.4 Å². The summed E-state index contributed by atoms with van der Waals surface area (Å²) in [6, 6.07) is 1.50. The highest BCUT2D eigenvalue weighted by atomic mass is 35.5. The van der Waals surface area contributed by atoms with Gasteiger partial charge in [0.2, 0.25) is 0 Å². The number of nitriles is 1. The van der Waals surface area contributed by atoms with Gasteiger partial charge in [-0.3, -0.25) is 5.10 Å². The standard InChI is InChI=1S/C5H2ClF2N3OS/c6-4-3(13(12)5(7)8)2(1-9)10-11-4/h5H,(H,10,11). The van der Waals surface area contributed by atoms with Gasteiger partial charge in [0.05, 0.1) is 0 Å². The topological polar surface area (TPSA) is 69.5 Å². The highest BCUT2D eigenvalue weighted by Gasteiger charge is 2.24. The molecule has 13 heavy (non-hydrogen) atoms. The van der Waals surface area contributed by atoms with E-state index in [2.05, 4.69) is 10.2 Å². The van der Waals surface area contributed by atoms with Crippen LogP contribution in [0.4, 0.5) is 8.78 Å². The number of nitrogens with one attached hydrogen (secondary N) is 1. The summed E-state index contributed by atoms with van der Waals surface area (Å²) in [6.07, 6.45) is 0. The number of H-pyrrole nitrogens is 1. The molecule has 1 aromatic rings. The molecule has 0 amide bonds. The molecule has 1 aromatic heterocycles. The van der Waals surface area contributed by atoms with Crippen LogP contribution in [0.1, 0.15) is 5.69 Å². The minimum atomic E-state index is -3.08. The van der Waals surface area contributed by atoms with E-state index in [-0.39, 0.29) is 10.8 Å². The van der Waals surface area contributed by atoms with E-state index in [1.165, 1.54) is 6.07 Å². The van der Waals surface area contributed by atoms with Crippen molar-refractivity contribution in [3.8, 4) is 6.07 Å². The molecule has 4 nitrogen and oxygen atoms in total. The number of aromatic amines is 1. The first-order valence-corrected chi connectivity index (χ1v) is 4.49. The molecule has 8 heteroatoms. The van der Waals surface area contributed by atoms with E-state index in [0.29, 0.717) is 0 Å². The molecule has 0 bridgehead atoms. The Hall–Kier alpha value is -1.00. The third-order valence-corrected chi connectivity index (χ3v) is 2.66. The minimum absolute atomic E-state index is 0.296. The van der Waals surface area contributed by atoms with Crippen LogP contribution in [0.3, 0.4) is 0 Å². The average Bonchev–Trinajstić information content (AvgIpc) is 2.45. The summed E-state index contributed by atoms with van der Waals surface area (Å²) in [5, 5.41) is 13.5. The van der Waals surface area contributed by atoms with Gasteiger partial charge in [-0.05, 0) is 0 Å². The van der Waals surface area contributed by atoms with Gasteiger partial charge in [-0.2, -0.15) is 19.1 Å². The second-order valence-corrected chi connectivity index (χ2v) is 3.62. The maximum Gasteiger partial charge on any atom is 0.316 e. The van der Waals surface area contributed by atoms with Crippen molar-refractivity contribution in [2.45, 2.75) is 10.7 Å². The normalized spacial score (nSPS) is 12.8. The first-order chi connectivity index (χ1) is 6.07. The minimum Gasteiger partial charge on any atom is -0.265 e. The van der Waals surface area contributed by atoms with E-state index in [9.17, 15) is 13.0 Å². The van der Waals surface area contributed by atoms with Crippen molar-refractivity contribution in [2.75, 3.05) is 0 Å². The number of hydrogen-bond acceptors (Lipinski definition) is 3. The quantitative estimate of drug-likeness (QED) is 0.824. The largest absolute Gasteiger partial charge is 0.316 e. The number of nitrogens with zero attached hydrogens (tertiary/aromatic N) is 2. The van der Waals surface area contributed by atoms with Gasteiger partial charge in [-0.15, -0.1) is 0 Å². The summed E-state index contributed by atoms with van der Waals surface area (Å²) in [6.45, 7) is 0. The van der Waals surface area contributed by atoms with Crippen molar-refractivity contribution in [3.05, 3.63) is 10.8 Å². The predicted octanol–water partition coefficient (Wildman–Crippen LogP) is 1.26. The van der Waals surface area contributed by atoms with Crippen LogP contribution >= 0.6 is 11.6 Å². The number of aromatic nitrogens is 2. The molecule has 0 spiro atoms. The Kier molecular flexibility index (Phi) is 2.95. The second-order valence-electron chi connectivity index (χ2n) is 1.89. The summed E-state index contributed by atoms with van der Waals surface area (Å²) in [7, 11) is -2.61. The Morgan fingerprint density at radius 3 is 2.77 bits per heavy atom. The highest BCUT2D eigenvalue weighted by molar-refractivity contribution is 7.85. The Morgan fingerprint density at radius 2 is 2.31 bits per heavy atom. The zero-order valence-electron chi connectivity index (χ0n) is 5.92. The van der Waals surface area contributed by atoms with E-state index >= 15 is 0 Å². The van der Waals surface area contributed by atoms with Gasteiger partial charge in [-0.1, -0.05) is 11.6 Å². The van der Waals surface area contributed by atoms with E-state index in [0.717, 1.165) is 0 Å². The van der Waals surface area contributed by atoms with E-state index in [1.807, 2.05) is 0 Å². The molecule has 0 radical (unpaired) electrons. The smallest absolute Gasteiger partial charge is 0.265 e. The molecule has 0 fully saturated rings. The zero-order valence-corrected chi connectivity index (χ0v) is 7.49. The molecule has 1 unspecified atom stereocenters. The van der Waals surface area contributed by atoms with Crippen molar-refractivity contribution in [2.24, 2.45) is 0 Å². The van der Waals surface area contributed by atoms with Gasteiger partial charge in [-0.25, -0.2) is 4.21 Å². The van der Waals surface area contributed by atoms with Crippen LogP contribution < -0.4 is 0 Å². The van der Waals surface area contributed by atoms with Gasteiger partial charge in [0.25, 0.3) is 0 Å². The van der Waals surface area contributed by atoms with E-state index in [1.54, 1.807) is 0 Å². The monoisotopic (exact) mass is 225 g/mol. The van der Waals surface area contributed by atoms with Crippen LogP contribution in [-0.2, 0) is 10.8 Å². The van der Waals surface area contributed by atoms with Crippen LogP contribution in [0.5, 0.6) is 0 Å². The van der Waals surface area contributed by atoms with Gasteiger partial charge < -0.3 is 0 Å². The SMILES string of the molecule is N#Cc1n[nH]c(Cl)c1S(=O)C(F)F. The molecule has 1 N–H and O–H groups in total. The van der Waals surface area contributed by atoms with E-state index in [4.69, 9.17) is 16.9 Å². The second kappa shape index (κ2) is 3.81. The molecule has 0 saturated carbocycles. The summed E-state index contributed by atoms with van der Waals surface area (Å²) < 4.78 is 34.8. The average molecular weight is 226 g/mol. The van der Waals surface area contributed by atoms with Crippen LogP contribution in [-0.4, -0.2) is 20.2 Å². The molecule has 0 aromatic carbocycles. The molecule has 0 saturated heterocycles. The summed E-state index contributed by atoms with van der Waals surface area (Å²) in [4.78, 5) is -0.445. The van der Waals surface area contributed by atoms with Crippen molar-refractivity contribution in [1.29, 1.82) is 5.26 Å². The lowest BCUT2D eigenvalue weighted by molar-refractivity contribution is 0.244. The first-order valence-electron chi connectivity index (χ1n) is 2.90. The van der Waals surface area contributed by atoms with Crippen LogP contribution in [0.25, 0.3) is 0 Å². The summed E-state index contributed by atoms with van der Waals surface area (Å²) >= 11 is 5.37. The Morgan fingerprint density at radius 1 is 1.69 bits per heavy atom. The molecular weight excluding hydrogens is 224 g/mol. The molecule has 1 rings (SSSR count). The van der Waals surface area contributed by atoms with Gasteiger partial charge in [0, 0.05) is 0 Å². The van der Waals surface area contributed by atoms with Crippen molar-refractivity contribution in [3.63, 3.8) is 0 Å². The van der Waals surface area contributed by atoms with E-state index < -0.39 is 21.5 Å². The number of rotatable bonds is 2. The number of halogens is 3. The van der Waals surface area contributed by atoms with Gasteiger partial charge in [0.15, 0.2) is 5.69 Å². The Labute approximate surface area is 79.0 Å². The predicted molar refractivity (Wildman–Crippen MR) is 40.7 cm³/mol. The molecule has 1 atom stereocenters. The number of alkyl halides is 2. The van der Waals surface area contributed by atoms with Crippen molar-refractivity contribution in [1.82, 2.24) is 10.2 Å². The van der Waals surface area contributed by atoms with Crippen molar-refractivity contribution < 1.29 is 13.0 Å². The first kappa shape index (κ1) is 10.1. The fraction of sp³-hybridized carbons (Fsp3) is 0.200. The molecule has 0 aliphatic rings. The highest BCUT2D eigenvalue weighted by Crippen LogP contribution is 2.23. The lowest BCUT2D eigenvalue weighted by Crippen LogP contribution is -2.03. The summed E-state index contributed by atoms with van der Waals surface area (Å²) in [5.74, 6) is -3.08. The van der Waals surface area contributed by atoms with Crippen LogP contribution in [0.15, 0.2) is 4.90 Å². The lowest BCUT2D eigenvalue weighted by Gasteiger charge is -1.96. The number of hydrogen-bond donors (Lipinski definition) is 1. The summed E-state index contributed by atoms with van der Waals surface area (Å²) in [5.41, 5.74) is -0.372. The third-order valence-electron chi connectivity index (χ3n) is 1.15. The Balaban J connectivity index is 3.21. The molecule has 0 aliphatic heterocycles. The molecule has 1 heterocycles. The van der Waals surface area contributed by atoms with Gasteiger partial charge in [0.1, 0.15) is 26.9 Å². The van der Waals surface area contributed by atoms with Crippen LogP contribution in [0, 0.1) is 11.3 Å². The lowest BCUT2D eigenvalue weighted by atomic mass is 10.5. The zero-order chi connectivity index (χ0) is 10.0. The Bertz CT molecular complexity index is 386. The molecule has 0 aliphatic carbocycles. The fourth-order valence-corrected chi connectivity index (χ4v) is 1.70. The fourth-order valence-electron chi connectivity index (χ4n) is 0.659. The maximum atomic E-state index is 12.0. The van der Waals surface area contributed by atoms with Crippen LogP contribution in [0.2, 0.25) is 5.15 Å².